The van der Waals surface area contributed by atoms with Crippen LogP contribution in [0.3, 0.4) is 0 Å². The molecule has 1 aliphatic heterocycles. The predicted octanol–water partition coefficient (Wildman–Crippen LogP) is 6.37. The molecule has 5 rings (SSSR count). The van der Waals surface area contributed by atoms with Crippen LogP contribution in [0.25, 0.3) is 21.9 Å². The molecule has 4 aromatic rings. The Kier molecular flexibility index (Phi) is 6.68. The van der Waals surface area contributed by atoms with Crippen molar-refractivity contribution < 1.29 is 14.9 Å². The molecule has 0 aromatic heterocycles. The first-order chi connectivity index (χ1) is 16.7. The summed E-state index contributed by atoms with van der Waals surface area (Å²) in [5, 5.41) is 21.8. The number of ether oxygens (including phenoxy) is 1. The van der Waals surface area contributed by atoms with Gasteiger partial charge in [0.1, 0.15) is 23.9 Å². The molecule has 1 heterocycles. The zero-order chi connectivity index (χ0) is 23.3. The summed E-state index contributed by atoms with van der Waals surface area (Å²) in [6.07, 6.45) is 4.71. The maximum atomic E-state index is 9.97. The first-order valence-electron chi connectivity index (χ1n) is 12.1. The van der Waals surface area contributed by atoms with E-state index in [0.717, 1.165) is 47.2 Å². The van der Waals surface area contributed by atoms with Crippen LogP contribution in [0.4, 0.5) is 0 Å². The number of piperidine rings is 1. The van der Waals surface area contributed by atoms with Gasteiger partial charge in [-0.15, -0.1) is 0 Å². The summed E-state index contributed by atoms with van der Waals surface area (Å²) < 4.78 is 6.01. The monoisotopic (exact) mass is 453 g/mol. The van der Waals surface area contributed by atoms with E-state index in [0.29, 0.717) is 0 Å². The highest BCUT2D eigenvalue weighted by molar-refractivity contribution is 5.93. The van der Waals surface area contributed by atoms with Crippen LogP contribution < -0.4 is 4.74 Å². The van der Waals surface area contributed by atoms with Gasteiger partial charge in [-0.25, -0.2) is 0 Å². The zero-order valence-electron chi connectivity index (χ0n) is 19.4. The molecule has 0 bridgehead atoms. The van der Waals surface area contributed by atoms with Crippen LogP contribution in [-0.4, -0.2) is 41.4 Å². The maximum Gasteiger partial charge on any atom is 0.119 e. The summed E-state index contributed by atoms with van der Waals surface area (Å²) in [5.74, 6) is 1.43. The van der Waals surface area contributed by atoms with Gasteiger partial charge in [0.15, 0.2) is 0 Å². The number of rotatable bonds is 7. The first kappa shape index (κ1) is 22.3. The lowest BCUT2D eigenvalue weighted by Gasteiger charge is -2.26. The Morgan fingerprint density at radius 2 is 1.47 bits per heavy atom. The summed E-state index contributed by atoms with van der Waals surface area (Å²) in [7, 11) is 0. The Balaban J connectivity index is 1.36. The minimum Gasteiger partial charge on any atom is -0.508 e. The van der Waals surface area contributed by atoms with Gasteiger partial charge in [-0.2, -0.15) is 0 Å². The number of hydrogen-bond donors (Lipinski definition) is 2. The third-order valence-electron chi connectivity index (χ3n) is 6.72. The van der Waals surface area contributed by atoms with Crippen LogP contribution in [0.5, 0.6) is 17.2 Å². The van der Waals surface area contributed by atoms with Gasteiger partial charge in [-0.3, -0.25) is 4.90 Å². The van der Waals surface area contributed by atoms with Crippen molar-refractivity contribution in [3.63, 3.8) is 0 Å². The van der Waals surface area contributed by atoms with E-state index in [2.05, 4.69) is 35.2 Å². The van der Waals surface area contributed by atoms with Crippen LogP contribution in [-0.2, 0) is 6.42 Å². The molecule has 1 fully saturated rings. The number of likely N-dealkylation sites (tertiary alicyclic amines) is 1. The van der Waals surface area contributed by atoms with Crippen molar-refractivity contribution in [2.75, 3.05) is 26.2 Å². The van der Waals surface area contributed by atoms with Gasteiger partial charge in [0.2, 0.25) is 0 Å². The highest BCUT2D eigenvalue weighted by atomic mass is 16.5. The molecule has 4 aromatic carbocycles. The Morgan fingerprint density at radius 3 is 2.24 bits per heavy atom. The average Bonchev–Trinajstić information content (AvgIpc) is 2.86. The van der Waals surface area contributed by atoms with Crippen molar-refractivity contribution in [1.29, 1.82) is 0 Å². The second kappa shape index (κ2) is 10.2. The molecule has 174 valence electrons. The number of fused-ring (bicyclic) bond motifs is 1. The molecule has 0 amide bonds. The number of aromatic hydroxyl groups is 2. The van der Waals surface area contributed by atoms with Crippen molar-refractivity contribution in [3.8, 4) is 28.4 Å². The SMILES string of the molecule is Oc1ccc(-c2ccc3cc(O)ccc3c2Cc2ccc(OCCN3CCCCC3)cc2)cc1. The summed E-state index contributed by atoms with van der Waals surface area (Å²) in [5.41, 5.74) is 4.58. The van der Waals surface area contributed by atoms with Gasteiger partial charge < -0.3 is 14.9 Å². The molecule has 0 spiro atoms. The number of nitrogens with zero attached hydrogens (tertiary/aromatic N) is 1. The van der Waals surface area contributed by atoms with Gasteiger partial charge >= 0.3 is 0 Å². The normalized spacial score (nSPS) is 14.4. The van der Waals surface area contributed by atoms with E-state index in [4.69, 9.17) is 4.74 Å². The molecular formula is C30H31NO3. The fraction of sp³-hybridized carbons (Fsp3) is 0.267. The number of phenolic OH excluding ortho intramolecular Hbond substituents is 2. The van der Waals surface area contributed by atoms with Crippen molar-refractivity contribution in [3.05, 3.63) is 90.0 Å². The topological polar surface area (TPSA) is 52.9 Å². The fourth-order valence-electron chi connectivity index (χ4n) is 4.87. The Hall–Kier alpha value is -3.50. The van der Waals surface area contributed by atoms with E-state index in [1.54, 1.807) is 24.3 Å². The number of phenols is 2. The Morgan fingerprint density at radius 1 is 0.735 bits per heavy atom. The van der Waals surface area contributed by atoms with Crippen LogP contribution in [0, 0.1) is 0 Å². The molecule has 2 N–H and O–H groups in total. The van der Waals surface area contributed by atoms with E-state index in [1.807, 2.05) is 24.3 Å². The third kappa shape index (κ3) is 5.18. The molecule has 4 heteroatoms. The summed E-state index contributed by atoms with van der Waals surface area (Å²) in [6.45, 7) is 4.08. The highest BCUT2D eigenvalue weighted by Gasteiger charge is 2.12. The minimum absolute atomic E-state index is 0.256. The lowest BCUT2D eigenvalue weighted by atomic mass is 9.90. The molecular weight excluding hydrogens is 422 g/mol. The van der Waals surface area contributed by atoms with E-state index in [9.17, 15) is 10.2 Å². The largest absolute Gasteiger partial charge is 0.508 e. The zero-order valence-corrected chi connectivity index (χ0v) is 19.4. The lowest BCUT2D eigenvalue weighted by Crippen LogP contribution is -2.33. The van der Waals surface area contributed by atoms with E-state index < -0.39 is 0 Å². The highest BCUT2D eigenvalue weighted by Crippen LogP contribution is 2.34. The van der Waals surface area contributed by atoms with Crippen molar-refractivity contribution in [2.45, 2.75) is 25.7 Å². The first-order valence-corrected chi connectivity index (χ1v) is 12.1. The summed E-state index contributed by atoms with van der Waals surface area (Å²) >= 11 is 0. The van der Waals surface area contributed by atoms with Gasteiger partial charge in [0.25, 0.3) is 0 Å². The standard InChI is InChI=1S/C30H31NO3/c32-25-9-6-23(7-10-25)28-14-8-24-21-26(33)11-15-29(24)30(28)20-22-4-12-27(13-5-22)34-19-18-31-16-2-1-3-17-31/h4-15,21,32-33H,1-3,16-20H2. The quantitative estimate of drug-likeness (QED) is 0.341. The molecule has 1 saturated heterocycles. The van der Waals surface area contributed by atoms with Gasteiger partial charge in [0.05, 0.1) is 0 Å². The minimum atomic E-state index is 0.256. The fourth-order valence-corrected chi connectivity index (χ4v) is 4.87. The van der Waals surface area contributed by atoms with Crippen LogP contribution in [0.2, 0.25) is 0 Å². The molecule has 0 atom stereocenters. The molecule has 1 aliphatic rings. The smallest absolute Gasteiger partial charge is 0.119 e. The van der Waals surface area contributed by atoms with Gasteiger partial charge in [0, 0.05) is 6.54 Å². The molecule has 0 saturated carbocycles. The van der Waals surface area contributed by atoms with Crippen LogP contribution >= 0.6 is 0 Å². The number of hydrogen-bond acceptors (Lipinski definition) is 4. The third-order valence-corrected chi connectivity index (χ3v) is 6.72. The van der Waals surface area contributed by atoms with Crippen molar-refractivity contribution in [2.24, 2.45) is 0 Å². The molecule has 0 aliphatic carbocycles. The Bertz CT molecular complexity index is 1240. The summed E-state index contributed by atoms with van der Waals surface area (Å²) in [6, 6.07) is 25.4. The Labute approximate surface area is 201 Å². The molecule has 34 heavy (non-hydrogen) atoms. The second-order valence-corrected chi connectivity index (χ2v) is 9.12. The lowest BCUT2D eigenvalue weighted by molar-refractivity contribution is 0.183. The average molecular weight is 454 g/mol. The summed E-state index contributed by atoms with van der Waals surface area (Å²) in [4.78, 5) is 2.49. The van der Waals surface area contributed by atoms with Crippen LogP contribution in [0.1, 0.15) is 30.4 Å². The second-order valence-electron chi connectivity index (χ2n) is 9.12. The van der Waals surface area contributed by atoms with Crippen molar-refractivity contribution in [1.82, 2.24) is 4.90 Å². The van der Waals surface area contributed by atoms with E-state index >= 15 is 0 Å². The van der Waals surface area contributed by atoms with Crippen LogP contribution in [0.15, 0.2) is 78.9 Å². The van der Waals surface area contributed by atoms with E-state index in [1.165, 1.54) is 43.5 Å². The number of benzene rings is 4. The maximum absolute atomic E-state index is 9.97. The van der Waals surface area contributed by atoms with Crippen molar-refractivity contribution >= 4 is 10.8 Å². The molecule has 0 radical (unpaired) electrons. The molecule has 4 nitrogen and oxygen atoms in total. The molecule has 0 unspecified atom stereocenters. The predicted molar refractivity (Wildman–Crippen MR) is 138 cm³/mol. The van der Waals surface area contributed by atoms with Gasteiger partial charge in [-0.05, 0) is 102 Å². The van der Waals surface area contributed by atoms with Gasteiger partial charge in [-0.1, -0.05) is 48.9 Å². The van der Waals surface area contributed by atoms with E-state index in [-0.39, 0.29) is 11.5 Å².